The Balaban J connectivity index is 2.25. The van der Waals surface area contributed by atoms with Gasteiger partial charge in [0, 0.05) is 22.0 Å². The van der Waals surface area contributed by atoms with Gasteiger partial charge >= 0.3 is 0 Å². The summed E-state index contributed by atoms with van der Waals surface area (Å²) in [4.78, 5) is 0. The van der Waals surface area contributed by atoms with E-state index in [-0.39, 0.29) is 17.8 Å². The first-order valence-corrected chi connectivity index (χ1v) is 6.61. The molecular weight excluding hydrogens is 286 g/mol. The molecule has 2 aromatic rings. The van der Waals surface area contributed by atoms with Crippen LogP contribution >= 0.6 is 23.2 Å². The first-order chi connectivity index (χ1) is 8.99. The fourth-order valence-corrected chi connectivity index (χ4v) is 2.42. The number of hydrogen-bond acceptors (Lipinski definition) is 1. The Morgan fingerprint density at radius 2 is 1.95 bits per heavy atom. The number of aryl methyl sites for hydroxylation is 1. The smallest absolute Gasteiger partial charge is 0.131 e. The van der Waals surface area contributed by atoms with Crippen LogP contribution in [0.3, 0.4) is 0 Å². The lowest BCUT2D eigenvalue weighted by atomic mass is 9.99. The average Bonchev–Trinajstić information content (AvgIpc) is 2.36. The van der Waals surface area contributed by atoms with Gasteiger partial charge in [-0.2, -0.15) is 0 Å². The molecule has 100 valence electrons. The maximum Gasteiger partial charge on any atom is 0.131 e. The van der Waals surface area contributed by atoms with Gasteiger partial charge in [0.25, 0.3) is 0 Å². The molecular formula is C15H13Cl2FO. The standard InChI is InChI=1S/C15H13Cl2FO/c1-9-3-2-4-12(15(9)18)14(19)7-10-5-6-11(16)8-13(10)17/h2-6,8,14,19H,7H2,1H3. The molecule has 1 unspecified atom stereocenters. The van der Waals surface area contributed by atoms with Crippen molar-refractivity contribution in [2.45, 2.75) is 19.4 Å². The molecule has 2 aromatic carbocycles. The Morgan fingerprint density at radius 1 is 1.21 bits per heavy atom. The number of benzene rings is 2. The zero-order valence-electron chi connectivity index (χ0n) is 10.3. The lowest BCUT2D eigenvalue weighted by molar-refractivity contribution is 0.173. The van der Waals surface area contributed by atoms with Gasteiger partial charge in [-0.25, -0.2) is 4.39 Å². The van der Waals surface area contributed by atoms with Crippen LogP contribution in [0, 0.1) is 12.7 Å². The third-order valence-corrected chi connectivity index (χ3v) is 3.60. The summed E-state index contributed by atoms with van der Waals surface area (Å²) in [6.45, 7) is 1.67. The van der Waals surface area contributed by atoms with Gasteiger partial charge in [0.05, 0.1) is 6.10 Å². The lowest BCUT2D eigenvalue weighted by Crippen LogP contribution is -2.05. The highest BCUT2D eigenvalue weighted by molar-refractivity contribution is 6.35. The molecule has 0 aromatic heterocycles. The van der Waals surface area contributed by atoms with Crippen LogP contribution in [0.2, 0.25) is 10.0 Å². The van der Waals surface area contributed by atoms with Crippen LogP contribution in [-0.2, 0) is 6.42 Å². The van der Waals surface area contributed by atoms with E-state index < -0.39 is 6.10 Å². The second kappa shape index (κ2) is 5.91. The number of hydrogen-bond donors (Lipinski definition) is 1. The van der Waals surface area contributed by atoms with E-state index >= 15 is 0 Å². The van der Waals surface area contributed by atoms with Gasteiger partial charge in [-0.3, -0.25) is 0 Å². The molecule has 0 fully saturated rings. The zero-order valence-corrected chi connectivity index (χ0v) is 11.8. The summed E-state index contributed by atoms with van der Waals surface area (Å²) < 4.78 is 13.9. The molecule has 1 atom stereocenters. The van der Waals surface area contributed by atoms with Crippen LogP contribution in [0.5, 0.6) is 0 Å². The summed E-state index contributed by atoms with van der Waals surface area (Å²) in [5, 5.41) is 11.1. The van der Waals surface area contributed by atoms with Gasteiger partial charge in [0.2, 0.25) is 0 Å². The van der Waals surface area contributed by atoms with E-state index in [1.54, 1.807) is 43.3 Å². The summed E-state index contributed by atoms with van der Waals surface area (Å²) in [6, 6.07) is 10.0. The highest BCUT2D eigenvalue weighted by atomic mass is 35.5. The van der Waals surface area contributed by atoms with Gasteiger partial charge < -0.3 is 5.11 Å². The van der Waals surface area contributed by atoms with Crippen molar-refractivity contribution in [3.8, 4) is 0 Å². The first kappa shape index (κ1) is 14.3. The minimum absolute atomic E-state index is 0.246. The Morgan fingerprint density at radius 3 is 2.63 bits per heavy atom. The largest absolute Gasteiger partial charge is 0.388 e. The van der Waals surface area contributed by atoms with Crippen molar-refractivity contribution in [3.63, 3.8) is 0 Å². The third kappa shape index (κ3) is 3.27. The van der Waals surface area contributed by atoms with Crippen molar-refractivity contribution in [1.82, 2.24) is 0 Å². The van der Waals surface area contributed by atoms with Crippen molar-refractivity contribution >= 4 is 23.2 Å². The molecule has 0 aliphatic heterocycles. The lowest BCUT2D eigenvalue weighted by Gasteiger charge is -2.14. The average molecular weight is 299 g/mol. The predicted molar refractivity (Wildman–Crippen MR) is 76.3 cm³/mol. The van der Waals surface area contributed by atoms with E-state index in [1.165, 1.54) is 0 Å². The molecule has 19 heavy (non-hydrogen) atoms. The molecule has 4 heteroatoms. The van der Waals surface area contributed by atoms with Crippen LogP contribution in [0.25, 0.3) is 0 Å². The number of aliphatic hydroxyl groups excluding tert-OH is 1. The van der Waals surface area contributed by atoms with Gasteiger partial charge in [-0.1, -0.05) is 47.5 Å². The second-order valence-electron chi connectivity index (χ2n) is 4.43. The summed E-state index contributed by atoms with van der Waals surface area (Å²) in [5.41, 5.74) is 1.53. The molecule has 0 saturated carbocycles. The van der Waals surface area contributed by atoms with Crippen LogP contribution < -0.4 is 0 Å². The SMILES string of the molecule is Cc1cccc(C(O)Cc2ccc(Cl)cc2Cl)c1F. The highest BCUT2D eigenvalue weighted by Crippen LogP contribution is 2.27. The molecule has 0 heterocycles. The Kier molecular flexibility index (Phi) is 4.46. The van der Waals surface area contributed by atoms with Crippen molar-refractivity contribution in [2.24, 2.45) is 0 Å². The molecule has 0 radical (unpaired) electrons. The number of rotatable bonds is 3. The maximum absolute atomic E-state index is 13.9. The van der Waals surface area contributed by atoms with Crippen LogP contribution in [-0.4, -0.2) is 5.11 Å². The molecule has 0 amide bonds. The molecule has 0 saturated heterocycles. The zero-order chi connectivity index (χ0) is 14.0. The van der Waals surface area contributed by atoms with E-state index in [2.05, 4.69) is 0 Å². The van der Waals surface area contributed by atoms with Crippen LogP contribution in [0.15, 0.2) is 36.4 Å². The molecule has 0 spiro atoms. The summed E-state index contributed by atoms with van der Waals surface area (Å²) in [7, 11) is 0. The van der Waals surface area contributed by atoms with Gasteiger partial charge in [-0.15, -0.1) is 0 Å². The number of halogens is 3. The summed E-state index contributed by atoms with van der Waals surface area (Å²) in [5.74, 6) is -0.375. The summed E-state index contributed by atoms with van der Waals surface area (Å²) >= 11 is 11.9. The Labute approximate surface area is 121 Å². The van der Waals surface area contributed by atoms with E-state index in [1.807, 2.05) is 0 Å². The fraction of sp³-hybridized carbons (Fsp3) is 0.200. The van der Waals surface area contributed by atoms with Crippen LogP contribution in [0.1, 0.15) is 22.8 Å². The Bertz CT molecular complexity index is 599. The quantitative estimate of drug-likeness (QED) is 0.869. The third-order valence-electron chi connectivity index (χ3n) is 3.01. The van der Waals surface area contributed by atoms with E-state index in [0.717, 1.165) is 5.56 Å². The van der Waals surface area contributed by atoms with Gasteiger partial charge in [0.15, 0.2) is 0 Å². The summed E-state index contributed by atoms with van der Waals surface area (Å²) in [6.07, 6.45) is -0.685. The second-order valence-corrected chi connectivity index (χ2v) is 5.28. The van der Waals surface area contributed by atoms with Crippen molar-refractivity contribution in [1.29, 1.82) is 0 Å². The van der Waals surface area contributed by atoms with Crippen molar-refractivity contribution < 1.29 is 9.50 Å². The highest BCUT2D eigenvalue weighted by Gasteiger charge is 2.16. The van der Waals surface area contributed by atoms with Crippen molar-refractivity contribution in [2.75, 3.05) is 0 Å². The van der Waals surface area contributed by atoms with Gasteiger partial charge in [-0.05, 0) is 30.2 Å². The topological polar surface area (TPSA) is 20.2 Å². The van der Waals surface area contributed by atoms with E-state index in [0.29, 0.717) is 15.6 Å². The molecule has 2 rings (SSSR count). The molecule has 1 nitrogen and oxygen atoms in total. The normalized spacial score (nSPS) is 12.5. The minimum atomic E-state index is -0.932. The van der Waals surface area contributed by atoms with Crippen molar-refractivity contribution in [3.05, 3.63) is 69.0 Å². The molecule has 0 aliphatic rings. The molecule has 1 N–H and O–H groups in total. The maximum atomic E-state index is 13.9. The van der Waals surface area contributed by atoms with Gasteiger partial charge in [0.1, 0.15) is 5.82 Å². The monoisotopic (exact) mass is 298 g/mol. The first-order valence-electron chi connectivity index (χ1n) is 5.86. The molecule has 0 aliphatic carbocycles. The minimum Gasteiger partial charge on any atom is -0.388 e. The number of aliphatic hydroxyl groups is 1. The molecule has 0 bridgehead atoms. The van der Waals surface area contributed by atoms with E-state index in [9.17, 15) is 9.50 Å². The predicted octanol–water partition coefficient (Wildman–Crippen LogP) is 4.72. The van der Waals surface area contributed by atoms with Crippen LogP contribution in [0.4, 0.5) is 4.39 Å². The fourth-order valence-electron chi connectivity index (χ4n) is 1.93. The Hall–Kier alpha value is -1.09. The van der Waals surface area contributed by atoms with E-state index in [4.69, 9.17) is 23.2 Å².